The Kier molecular flexibility index (Phi) is 33.2. The molecule has 22 nitrogen and oxygen atoms in total. The van der Waals surface area contributed by atoms with Gasteiger partial charge in [-0.05, 0) is 173 Å². The van der Waals surface area contributed by atoms with Crippen LogP contribution in [0.3, 0.4) is 0 Å². The number of hydrogen-bond acceptors (Lipinski definition) is 18. The Morgan fingerprint density at radius 2 is 0.736 bits per heavy atom. The first-order valence-electron chi connectivity index (χ1n) is 36.0. The lowest BCUT2D eigenvalue weighted by molar-refractivity contribution is 0.101. The fourth-order valence-corrected chi connectivity index (χ4v) is 11.5. The van der Waals surface area contributed by atoms with E-state index in [0.29, 0.717) is 107 Å². The van der Waals surface area contributed by atoms with Crippen LogP contribution in [-0.4, -0.2) is 64.4 Å². The quantitative estimate of drug-likeness (QED) is 0.0443. The Bertz CT molecular complexity index is 5930. The number of benzene rings is 8. The highest BCUT2D eigenvalue weighted by Crippen LogP contribution is 2.32. The van der Waals surface area contributed by atoms with Gasteiger partial charge in [0, 0.05) is 140 Å². The van der Waals surface area contributed by atoms with Crippen LogP contribution < -0.4 is 50.3 Å². The topological polar surface area (TPSA) is 282 Å². The Morgan fingerprint density at radius 1 is 0.347 bits per heavy atom. The maximum Gasteiger partial charge on any atom is 0.284 e. The second-order valence-corrected chi connectivity index (χ2v) is 26.7. The fraction of sp³-hybridized carbons (Fsp3) is 0.0638. The SMILES string of the molecule is C.C.C#Cc1cccc(C(=O)Nc2cccc(Oc3cncc(F)c3)c2)c1.Cc1cccc(C(=O)Nc2cc(Cl)cc(Oc3cccnc3)c2)n1.Cc1cccc(C(=O)Nc2cc(F)cc(Oc3cccnc3)c2)c1.Cc1cccc(C(=O)Nc2cccc(Oc3cncc(F)c3)c2)c1.Cc1csc(C(=O)Nc2cccc(Oc3cccnc3)c2)n1. The predicted molar refractivity (Wildman–Crippen MR) is 464 cm³/mol. The lowest BCUT2D eigenvalue weighted by Gasteiger charge is -2.10. The summed E-state index contributed by atoms with van der Waals surface area (Å²) in [6, 6.07) is 69.5. The summed E-state index contributed by atoms with van der Waals surface area (Å²) in [5.74, 6) is 4.28. The number of thiazole rings is 1. The molecule has 0 unspecified atom stereocenters. The molecule has 15 aromatic rings. The van der Waals surface area contributed by atoms with Gasteiger partial charge in [0.15, 0.2) is 5.01 Å². The summed E-state index contributed by atoms with van der Waals surface area (Å²) < 4.78 is 68.1. The highest BCUT2D eigenvalue weighted by Gasteiger charge is 2.16. The molecule has 5 amide bonds. The number of terminal acetylenes is 1. The molecule has 0 bridgehead atoms. The van der Waals surface area contributed by atoms with Crippen molar-refractivity contribution in [3.05, 3.63) is 394 Å². The number of amides is 5. The summed E-state index contributed by atoms with van der Waals surface area (Å²) in [6.07, 6.45) is 20.1. The number of nitrogens with one attached hydrogen (secondary N) is 5. The van der Waals surface area contributed by atoms with Crippen LogP contribution in [0.25, 0.3) is 0 Å². The number of aromatic nitrogens is 7. The molecule has 0 aliphatic heterocycles. The highest BCUT2D eigenvalue weighted by atomic mass is 35.5. The van der Waals surface area contributed by atoms with Crippen molar-refractivity contribution in [2.24, 2.45) is 0 Å². The minimum absolute atomic E-state index is 0. The van der Waals surface area contributed by atoms with Crippen LogP contribution in [0, 0.1) is 57.5 Å². The van der Waals surface area contributed by atoms with Gasteiger partial charge in [-0.15, -0.1) is 17.8 Å². The lowest BCUT2D eigenvalue weighted by Crippen LogP contribution is -2.14. The van der Waals surface area contributed by atoms with E-state index in [1.807, 2.05) is 81.6 Å². The number of pyridine rings is 6. The normalized spacial score (nSPS) is 10.0. The monoisotopic (exact) mass is 1660 g/mol. The summed E-state index contributed by atoms with van der Waals surface area (Å²) >= 11 is 7.43. The molecular weight excluding hydrogens is 1580 g/mol. The van der Waals surface area contributed by atoms with Crippen LogP contribution in [0.15, 0.2) is 316 Å². The molecular formula is C94H78ClF3N12O10S. The maximum absolute atomic E-state index is 13.8. The average Bonchev–Trinajstić information content (AvgIpc) is 1.68. The molecule has 0 atom stereocenters. The van der Waals surface area contributed by atoms with Crippen molar-refractivity contribution >= 4 is 80.9 Å². The molecule has 5 N–H and O–H groups in total. The number of nitrogens with zero attached hydrogens (tertiary/aromatic N) is 7. The summed E-state index contributed by atoms with van der Waals surface area (Å²) in [4.78, 5) is 88.9. The van der Waals surface area contributed by atoms with Gasteiger partial charge in [0.25, 0.3) is 29.5 Å². The Labute approximate surface area is 705 Å². The predicted octanol–water partition coefficient (Wildman–Crippen LogP) is 23.0. The Balaban J connectivity index is 0.000000171. The third-order valence-electron chi connectivity index (χ3n) is 15.8. The molecule has 8 aromatic carbocycles. The molecule has 27 heteroatoms. The number of halogens is 4. The maximum atomic E-state index is 13.8. The second-order valence-electron chi connectivity index (χ2n) is 25.4. The number of rotatable bonds is 20. The molecule has 608 valence electrons. The van der Waals surface area contributed by atoms with E-state index in [1.165, 1.54) is 54.2 Å². The first kappa shape index (κ1) is 89.2. The van der Waals surface area contributed by atoms with Crippen LogP contribution in [-0.2, 0) is 0 Å². The number of hydrogen-bond donors (Lipinski definition) is 5. The average molecular weight is 1660 g/mol. The molecule has 0 fully saturated rings. The van der Waals surface area contributed by atoms with Crippen LogP contribution in [0.2, 0.25) is 5.02 Å². The number of ether oxygens (including phenoxy) is 5. The smallest absolute Gasteiger partial charge is 0.284 e. The van der Waals surface area contributed by atoms with E-state index < -0.39 is 17.5 Å². The number of aryl methyl sites for hydroxylation is 4. The van der Waals surface area contributed by atoms with Crippen molar-refractivity contribution in [2.45, 2.75) is 42.5 Å². The van der Waals surface area contributed by atoms with E-state index in [-0.39, 0.29) is 61.6 Å². The second kappa shape index (κ2) is 45.0. The molecule has 15 rings (SSSR count). The molecule has 121 heavy (non-hydrogen) atoms. The standard InChI is InChI=1S/C20H13FN2O2.2C19H15FN2O2.C18H14ClN3O2.C16H13N3O2S.2CH4/c1-2-14-5-3-6-15(9-14)20(24)23-17-7-4-8-18(11-17)25-19-10-16(21)12-22-13-19;1-13-4-2-5-14(8-13)19(23)22-16-6-3-7-17(10-16)24-18-9-15(20)11-21-12-18;1-13-4-2-5-14(8-13)19(23)22-16-9-15(20)10-18(11-16)24-17-6-3-7-21-12-17;1-12-4-2-6-17(21-12)18(23)22-14-8-13(19)9-16(10-14)24-15-5-3-7-20-11-15;1-11-10-22-16(18-11)15(20)19-12-4-2-5-13(8-12)21-14-6-3-7-17-9-14;;/h1,3-13H,(H,23,24);2*2-12H,1H3,(H,22,23);2-11H,1H3,(H,22,23);2-10H,1H3,(H,19,20);2*1H4. The van der Waals surface area contributed by atoms with Crippen LogP contribution in [0.4, 0.5) is 41.6 Å². The molecule has 0 saturated heterocycles. The van der Waals surface area contributed by atoms with Crippen molar-refractivity contribution < 1.29 is 60.8 Å². The zero-order chi connectivity index (χ0) is 83.8. The minimum atomic E-state index is -0.504. The number of anilines is 5. The molecule has 7 heterocycles. The zero-order valence-electron chi connectivity index (χ0n) is 63.7. The van der Waals surface area contributed by atoms with E-state index in [1.54, 1.807) is 207 Å². The Hall–Kier alpha value is -15.7. The largest absolute Gasteiger partial charge is 0.456 e. The van der Waals surface area contributed by atoms with Gasteiger partial charge in [-0.1, -0.05) is 98.1 Å². The fourth-order valence-electron chi connectivity index (χ4n) is 10.5. The van der Waals surface area contributed by atoms with Crippen LogP contribution in [0.1, 0.15) is 94.3 Å². The van der Waals surface area contributed by atoms with E-state index in [0.717, 1.165) is 34.9 Å². The molecule has 0 saturated carbocycles. The third kappa shape index (κ3) is 29.2. The molecule has 0 aliphatic rings. The van der Waals surface area contributed by atoms with Gasteiger partial charge in [0.1, 0.15) is 80.6 Å². The van der Waals surface area contributed by atoms with Gasteiger partial charge in [-0.25, -0.2) is 23.1 Å². The summed E-state index contributed by atoms with van der Waals surface area (Å²) in [5.41, 5.74) is 8.73. The number of carbonyl (C=O) groups is 5. The van der Waals surface area contributed by atoms with Gasteiger partial charge in [-0.3, -0.25) is 48.9 Å². The molecule has 0 aliphatic carbocycles. The van der Waals surface area contributed by atoms with Crippen molar-refractivity contribution in [1.29, 1.82) is 0 Å². The van der Waals surface area contributed by atoms with Crippen molar-refractivity contribution in [2.75, 3.05) is 26.6 Å². The summed E-state index contributed by atoms with van der Waals surface area (Å²) in [6.45, 7) is 7.52. The van der Waals surface area contributed by atoms with Crippen molar-refractivity contribution in [1.82, 2.24) is 34.9 Å². The van der Waals surface area contributed by atoms with Gasteiger partial charge in [0.05, 0.1) is 43.4 Å². The van der Waals surface area contributed by atoms with Gasteiger partial charge >= 0.3 is 0 Å². The highest BCUT2D eigenvalue weighted by molar-refractivity contribution is 7.11. The van der Waals surface area contributed by atoms with Crippen molar-refractivity contribution in [3.63, 3.8) is 0 Å². The summed E-state index contributed by atoms with van der Waals surface area (Å²) in [7, 11) is 0. The van der Waals surface area contributed by atoms with E-state index >= 15 is 0 Å². The zero-order valence-corrected chi connectivity index (χ0v) is 65.3. The third-order valence-corrected chi connectivity index (χ3v) is 16.9. The van der Waals surface area contributed by atoms with E-state index in [4.69, 9.17) is 41.7 Å². The van der Waals surface area contributed by atoms with Crippen LogP contribution in [0.5, 0.6) is 57.5 Å². The van der Waals surface area contributed by atoms with Crippen molar-refractivity contribution in [3.8, 4) is 69.8 Å². The first-order valence-corrected chi connectivity index (χ1v) is 37.2. The van der Waals surface area contributed by atoms with Crippen LogP contribution >= 0.6 is 22.9 Å². The Morgan fingerprint density at radius 3 is 1.18 bits per heavy atom. The van der Waals surface area contributed by atoms with Gasteiger partial charge < -0.3 is 50.3 Å². The molecule has 0 radical (unpaired) electrons. The molecule has 7 aromatic heterocycles. The van der Waals surface area contributed by atoms with Gasteiger partial charge in [-0.2, -0.15) is 0 Å². The van der Waals surface area contributed by atoms with E-state index in [2.05, 4.69) is 67.4 Å². The minimum Gasteiger partial charge on any atom is -0.456 e. The summed E-state index contributed by atoms with van der Waals surface area (Å²) in [5, 5.41) is 16.6. The first-order chi connectivity index (χ1) is 57.6. The lowest BCUT2D eigenvalue weighted by atomic mass is 10.1. The van der Waals surface area contributed by atoms with Gasteiger partial charge in [0.2, 0.25) is 0 Å². The molecule has 0 spiro atoms. The number of carbonyl (C=O) groups excluding carboxylic acids is 5. The van der Waals surface area contributed by atoms with E-state index in [9.17, 15) is 37.1 Å².